The van der Waals surface area contributed by atoms with Crippen LogP contribution >= 0.6 is 0 Å². The summed E-state index contributed by atoms with van der Waals surface area (Å²) in [4.78, 5) is 39.8. The number of ether oxygens (including phenoxy) is 3. The summed E-state index contributed by atoms with van der Waals surface area (Å²) in [6, 6.07) is 23.4. The zero-order valence-electron chi connectivity index (χ0n) is 31.6. The molecule has 0 spiro atoms. The molecule has 0 fully saturated rings. The van der Waals surface area contributed by atoms with Gasteiger partial charge in [0, 0.05) is 29.9 Å². The molecule has 8 nitrogen and oxygen atoms in total. The monoisotopic (exact) mass is 682 g/mol. The van der Waals surface area contributed by atoms with Gasteiger partial charge in [0.05, 0.1) is 16.9 Å². The van der Waals surface area contributed by atoms with Crippen molar-refractivity contribution in [3.63, 3.8) is 0 Å². The highest BCUT2D eigenvalue weighted by molar-refractivity contribution is 5.79. The van der Waals surface area contributed by atoms with E-state index in [1.54, 1.807) is 41.5 Å². The molecule has 3 aromatic carbocycles. The third-order valence-corrected chi connectivity index (χ3v) is 8.70. The van der Waals surface area contributed by atoms with E-state index in [2.05, 4.69) is 87.2 Å². The molecule has 0 aromatic heterocycles. The number of hydrogen-bond donors (Lipinski definition) is 0. The van der Waals surface area contributed by atoms with Crippen LogP contribution in [-0.2, 0) is 35.0 Å². The first-order valence-corrected chi connectivity index (χ1v) is 17.3. The molecule has 0 saturated heterocycles. The van der Waals surface area contributed by atoms with Crippen molar-refractivity contribution in [2.75, 3.05) is 18.1 Å². The summed E-state index contributed by atoms with van der Waals surface area (Å²) in [5.41, 5.74) is 6.61. The second kappa shape index (κ2) is 16.8. The zero-order valence-corrected chi connectivity index (χ0v) is 31.6. The fourth-order valence-electron chi connectivity index (χ4n) is 5.89. The Kier molecular flexibility index (Phi) is 13.4. The van der Waals surface area contributed by atoms with Crippen LogP contribution in [0.1, 0.15) is 95.0 Å². The number of rotatable bonds is 15. The summed E-state index contributed by atoms with van der Waals surface area (Å²) in [5, 5.41) is 9.84. The van der Waals surface area contributed by atoms with E-state index in [-0.39, 0.29) is 50.8 Å². The Bertz CT molecular complexity index is 1700. The molecule has 0 radical (unpaired) electrons. The fraction of sp³-hybridized carbons (Fsp3) is 0.476. The molecule has 3 rings (SSSR count). The Hall–Kier alpha value is -4.64. The van der Waals surface area contributed by atoms with Gasteiger partial charge in [0.1, 0.15) is 18.8 Å². The zero-order chi connectivity index (χ0) is 37.3. The summed E-state index contributed by atoms with van der Waals surface area (Å²) >= 11 is 0. The summed E-state index contributed by atoms with van der Waals surface area (Å²) < 4.78 is 16.1. The Morgan fingerprint density at radius 2 is 1.32 bits per heavy atom. The topological polar surface area (TPSA) is 106 Å². The lowest BCUT2D eigenvalue weighted by Crippen LogP contribution is -2.37. The molecular formula is C42H54N2O6. The Labute approximate surface area is 298 Å². The molecule has 0 bridgehead atoms. The SMILES string of the molecule is Cc1ccc(N(c2ccc(CCC(=O)OCCOC(=O)CCC(C)(C#N)CC(C)(C)C(=O)OC(C)(C)C)cc2)c2ccc(C)c(C)c2)c(C)c1. The van der Waals surface area contributed by atoms with Gasteiger partial charge in [-0.1, -0.05) is 35.9 Å². The van der Waals surface area contributed by atoms with Gasteiger partial charge in [0.25, 0.3) is 0 Å². The van der Waals surface area contributed by atoms with Crippen molar-refractivity contribution in [1.29, 1.82) is 5.26 Å². The van der Waals surface area contributed by atoms with E-state index in [1.165, 1.54) is 22.3 Å². The number of nitriles is 1. The van der Waals surface area contributed by atoms with E-state index in [0.717, 1.165) is 22.6 Å². The van der Waals surface area contributed by atoms with Crippen molar-refractivity contribution in [2.45, 2.75) is 107 Å². The van der Waals surface area contributed by atoms with Crippen LogP contribution in [-0.4, -0.2) is 36.7 Å². The number of carbonyl (C=O) groups is 3. The van der Waals surface area contributed by atoms with Crippen LogP contribution in [0, 0.1) is 49.9 Å². The molecule has 3 aromatic rings. The molecule has 0 N–H and O–H groups in total. The summed E-state index contributed by atoms with van der Waals surface area (Å²) in [7, 11) is 0. The first-order chi connectivity index (χ1) is 23.3. The van der Waals surface area contributed by atoms with E-state index in [4.69, 9.17) is 14.2 Å². The van der Waals surface area contributed by atoms with Crippen LogP contribution in [0.4, 0.5) is 17.1 Å². The van der Waals surface area contributed by atoms with E-state index < -0.39 is 22.4 Å². The fourth-order valence-corrected chi connectivity index (χ4v) is 5.89. The van der Waals surface area contributed by atoms with Crippen LogP contribution < -0.4 is 4.90 Å². The Morgan fingerprint density at radius 1 is 0.720 bits per heavy atom. The molecule has 0 amide bonds. The molecule has 8 heteroatoms. The van der Waals surface area contributed by atoms with Gasteiger partial charge in [0.15, 0.2) is 0 Å². The molecule has 0 heterocycles. The maximum absolute atomic E-state index is 12.7. The highest BCUT2D eigenvalue weighted by Gasteiger charge is 2.40. The van der Waals surface area contributed by atoms with Gasteiger partial charge in [-0.15, -0.1) is 0 Å². The van der Waals surface area contributed by atoms with Gasteiger partial charge in [0.2, 0.25) is 0 Å². The minimum Gasteiger partial charge on any atom is -0.462 e. The summed E-state index contributed by atoms with van der Waals surface area (Å²) in [5.74, 6) is -1.26. The average molecular weight is 683 g/mol. The van der Waals surface area contributed by atoms with Gasteiger partial charge in [-0.25, -0.2) is 0 Å². The number of aryl methyl sites for hydroxylation is 5. The van der Waals surface area contributed by atoms with Gasteiger partial charge >= 0.3 is 17.9 Å². The van der Waals surface area contributed by atoms with Crippen molar-refractivity contribution in [2.24, 2.45) is 10.8 Å². The minimum atomic E-state index is -0.929. The number of hydrogen-bond acceptors (Lipinski definition) is 8. The van der Waals surface area contributed by atoms with Crippen LogP contribution in [0.15, 0.2) is 60.7 Å². The summed E-state index contributed by atoms with van der Waals surface area (Å²) in [6.07, 6.45) is 1.16. The minimum absolute atomic E-state index is 0.00281. The second-order valence-corrected chi connectivity index (χ2v) is 15.2. The number of nitrogens with zero attached hydrogens (tertiary/aromatic N) is 2. The van der Waals surface area contributed by atoms with Crippen LogP contribution in [0.5, 0.6) is 0 Å². The van der Waals surface area contributed by atoms with Crippen LogP contribution in [0.3, 0.4) is 0 Å². The average Bonchev–Trinajstić information content (AvgIpc) is 3.03. The van der Waals surface area contributed by atoms with Gasteiger partial charge in [-0.2, -0.15) is 5.26 Å². The van der Waals surface area contributed by atoms with Crippen molar-refractivity contribution >= 4 is 35.0 Å². The van der Waals surface area contributed by atoms with E-state index in [0.29, 0.717) is 6.42 Å². The highest BCUT2D eigenvalue weighted by Crippen LogP contribution is 2.39. The predicted molar refractivity (Wildman–Crippen MR) is 198 cm³/mol. The van der Waals surface area contributed by atoms with Gasteiger partial charge in [-0.3, -0.25) is 14.4 Å². The molecule has 0 aliphatic carbocycles. The summed E-state index contributed by atoms with van der Waals surface area (Å²) in [6.45, 7) is 18.9. The molecule has 1 atom stereocenters. The molecule has 0 aliphatic rings. The normalized spacial score (nSPS) is 12.7. The largest absolute Gasteiger partial charge is 0.462 e. The Morgan fingerprint density at radius 3 is 1.88 bits per heavy atom. The third kappa shape index (κ3) is 11.8. The molecule has 50 heavy (non-hydrogen) atoms. The number of esters is 3. The third-order valence-electron chi connectivity index (χ3n) is 8.70. The lowest BCUT2D eigenvalue weighted by atomic mass is 9.72. The van der Waals surface area contributed by atoms with Crippen LogP contribution in [0.25, 0.3) is 0 Å². The van der Waals surface area contributed by atoms with Crippen molar-refractivity contribution in [3.8, 4) is 6.07 Å². The molecule has 268 valence electrons. The highest BCUT2D eigenvalue weighted by atomic mass is 16.6. The van der Waals surface area contributed by atoms with Gasteiger partial charge < -0.3 is 19.1 Å². The Balaban J connectivity index is 1.48. The van der Waals surface area contributed by atoms with Crippen molar-refractivity contribution in [1.82, 2.24) is 0 Å². The first kappa shape index (κ1) is 39.8. The lowest BCUT2D eigenvalue weighted by Gasteiger charge is -2.33. The molecule has 0 aliphatic heterocycles. The number of carbonyl (C=O) groups excluding carboxylic acids is 3. The molecule has 0 saturated carbocycles. The van der Waals surface area contributed by atoms with Crippen molar-refractivity contribution in [3.05, 3.63) is 88.5 Å². The first-order valence-electron chi connectivity index (χ1n) is 17.3. The van der Waals surface area contributed by atoms with E-state index in [9.17, 15) is 19.6 Å². The quantitative estimate of drug-likeness (QED) is 0.0887. The van der Waals surface area contributed by atoms with Crippen LogP contribution in [0.2, 0.25) is 0 Å². The van der Waals surface area contributed by atoms with E-state index >= 15 is 0 Å². The number of anilines is 3. The number of benzene rings is 3. The predicted octanol–water partition coefficient (Wildman–Crippen LogP) is 9.48. The van der Waals surface area contributed by atoms with Gasteiger partial charge in [-0.05, 0) is 141 Å². The van der Waals surface area contributed by atoms with E-state index in [1.807, 2.05) is 12.1 Å². The standard InChI is InChI=1S/C42H54N2O6/c1-29-11-19-36(32(4)25-29)44(35-16-12-30(2)31(3)26-35)34-17-13-33(14-18-34)15-20-37(45)48-23-24-49-38(46)21-22-42(10,28-43)27-41(8,9)39(47)50-40(5,6)7/h11-14,16-19,25-26H,15,20-24,27H2,1-10H3. The lowest BCUT2D eigenvalue weighted by molar-refractivity contribution is -0.167. The molecular weight excluding hydrogens is 628 g/mol. The smallest absolute Gasteiger partial charge is 0.312 e. The maximum atomic E-state index is 12.7. The molecule has 1 unspecified atom stereocenters. The maximum Gasteiger partial charge on any atom is 0.312 e. The van der Waals surface area contributed by atoms with Crippen molar-refractivity contribution < 1.29 is 28.6 Å². The second-order valence-electron chi connectivity index (χ2n) is 15.2.